The highest BCUT2D eigenvalue weighted by molar-refractivity contribution is 5.75. The molecule has 1 aliphatic rings. The standard InChI is InChI=1S/C18H25NO8.2C2H6/c1-18(2,3)17(24)25-8-9-4-5-12(10(19)6-9)26-13-7-11(20)14(21)15(27-13)16(22)23;2*1-2/h4-6,11,13-15,20-21H,7-8,19H2,1-3H3,(H,22,23);2*1-2H3/t11?,13-,14-,15?;;/m0../s1. The summed E-state index contributed by atoms with van der Waals surface area (Å²) in [6.07, 6.45) is -5.65. The Balaban J connectivity index is 0.00000212. The second-order valence-electron chi connectivity index (χ2n) is 7.43. The van der Waals surface area contributed by atoms with Crippen molar-refractivity contribution in [2.75, 3.05) is 5.73 Å². The molecule has 0 saturated carbocycles. The zero-order chi connectivity index (χ0) is 24.4. The van der Waals surface area contributed by atoms with E-state index in [-0.39, 0.29) is 30.4 Å². The number of carboxylic acid groups (broad SMARTS) is 1. The molecular weight excluding hydrogens is 406 g/mol. The summed E-state index contributed by atoms with van der Waals surface area (Å²) in [5, 5.41) is 28.5. The molecule has 9 heteroatoms. The molecule has 0 spiro atoms. The van der Waals surface area contributed by atoms with E-state index in [1.54, 1.807) is 32.9 Å². The molecular formula is C22H37NO8. The number of rotatable bonds is 5. The van der Waals surface area contributed by atoms with E-state index in [4.69, 9.17) is 25.1 Å². The Hall–Kier alpha value is -2.36. The molecule has 31 heavy (non-hydrogen) atoms. The lowest BCUT2D eigenvalue weighted by molar-refractivity contribution is -0.228. The van der Waals surface area contributed by atoms with E-state index in [2.05, 4.69) is 0 Å². The van der Waals surface area contributed by atoms with Crippen molar-refractivity contribution in [1.82, 2.24) is 0 Å². The van der Waals surface area contributed by atoms with Crippen molar-refractivity contribution >= 4 is 17.6 Å². The van der Waals surface area contributed by atoms with Gasteiger partial charge in [0.1, 0.15) is 18.5 Å². The number of hydrogen-bond donors (Lipinski definition) is 4. The lowest BCUT2D eigenvalue weighted by Crippen LogP contribution is -2.53. The minimum atomic E-state index is -1.60. The maximum absolute atomic E-state index is 11.8. The van der Waals surface area contributed by atoms with Crippen LogP contribution < -0.4 is 10.5 Å². The smallest absolute Gasteiger partial charge is 0.335 e. The van der Waals surface area contributed by atoms with Crippen molar-refractivity contribution in [2.24, 2.45) is 5.41 Å². The number of ether oxygens (including phenoxy) is 3. The number of carbonyl (C=O) groups excluding carboxylic acids is 1. The van der Waals surface area contributed by atoms with Gasteiger partial charge in [0.15, 0.2) is 6.10 Å². The number of aliphatic hydroxyl groups excluding tert-OH is 2. The number of aliphatic hydroxyl groups is 2. The van der Waals surface area contributed by atoms with E-state index >= 15 is 0 Å². The number of benzene rings is 1. The molecule has 2 unspecified atom stereocenters. The molecule has 1 saturated heterocycles. The Morgan fingerprint density at radius 2 is 1.74 bits per heavy atom. The lowest BCUT2D eigenvalue weighted by atomic mass is 9.97. The Morgan fingerprint density at radius 3 is 2.23 bits per heavy atom. The summed E-state index contributed by atoms with van der Waals surface area (Å²) in [6.45, 7) is 13.3. The van der Waals surface area contributed by atoms with Gasteiger partial charge in [0.05, 0.1) is 17.2 Å². The number of nitrogens with two attached hydrogens (primary N) is 1. The summed E-state index contributed by atoms with van der Waals surface area (Å²) in [6, 6.07) is 4.74. The maximum Gasteiger partial charge on any atom is 0.335 e. The van der Waals surface area contributed by atoms with Gasteiger partial charge in [-0.2, -0.15) is 0 Å². The number of esters is 1. The number of carboxylic acids is 1. The number of anilines is 1. The van der Waals surface area contributed by atoms with Crippen LogP contribution in [0.25, 0.3) is 0 Å². The summed E-state index contributed by atoms with van der Waals surface area (Å²) < 4.78 is 15.9. The molecule has 0 aliphatic carbocycles. The Kier molecular flexibility index (Phi) is 12.1. The molecule has 0 radical (unpaired) electrons. The average Bonchev–Trinajstić information content (AvgIpc) is 2.72. The van der Waals surface area contributed by atoms with E-state index in [1.807, 2.05) is 27.7 Å². The number of aliphatic carboxylic acids is 1. The summed E-state index contributed by atoms with van der Waals surface area (Å²) in [4.78, 5) is 22.9. The minimum absolute atomic E-state index is 0.0481. The third-order valence-corrected chi connectivity index (χ3v) is 4.00. The van der Waals surface area contributed by atoms with E-state index in [0.29, 0.717) is 5.56 Å². The van der Waals surface area contributed by atoms with Gasteiger partial charge < -0.3 is 35.3 Å². The van der Waals surface area contributed by atoms with Crippen LogP contribution in [0.4, 0.5) is 5.69 Å². The summed E-state index contributed by atoms with van der Waals surface area (Å²) in [5.74, 6) is -1.53. The van der Waals surface area contributed by atoms with Crippen molar-refractivity contribution in [3.63, 3.8) is 0 Å². The van der Waals surface area contributed by atoms with Crippen LogP contribution in [-0.4, -0.2) is 51.9 Å². The monoisotopic (exact) mass is 443 g/mol. The van der Waals surface area contributed by atoms with Gasteiger partial charge in [-0.15, -0.1) is 0 Å². The second-order valence-corrected chi connectivity index (χ2v) is 7.43. The highest BCUT2D eigenvalue weighted by Crippen LogP contribution is 2.29. The molecule has 0 bridgehead atoms. The molecule has 1 aromatic carbocycles. The number of nitrogen functional groups attached to an aromatic ring is 1. The Labute approximate surface area is 184 Å². The van der Waals surface area contributed by atoms with Crippen molar-refractivity contribution in [1.29, 1.82) is 0 Å². The second kappa shape index (κ2) is 13.1. The highest BCUT2D eigenvalue weighted by Gasteiger charge is 2.42. The van der Waals surface area contributed by atoms with Gasteiger partial charge in [0.2, 0.25) is 6.29 Å². The predicted molar refractivity (Wildman–Crippen MR) is 116 cm³/mol. The summed E-state index contributed by atoms with van der Waals surface area (Å²) >= 11 is 0. The van der Waals surface area contributed by atoms with Crippen LogP contribution in [0, 0.1) is 5.41 Å². The van der Waals surface area contributed by atoms with E-state index in [1.165, 1.54) is 6.07 Å². The maximum atomic E-state index is 11.8. The van der Waals surface area contributed by atoms with Crippen LogP contribution in [0.5, 0.6) is 5.75 Å². The zero-order valence-electron chi connectivity index (χ0n) is 19.4. The lowest BCUT2D eigenvalue weighted by Gasteiger charge is -2.34. The molecule has 0 aromatic heterocycles. The molecule has 5 N–H and O–H groups in total. The number of carbonyl (C=O) groups is 2. The van der Waals surface area contributed by atoms with Crippen LogP contribution in [0.3, 0.4) is 0 Å². The van der Waals surface area contributed by atoms with E-state index in [0.717, 1.165) is 0 Å². The number of hydrogen-bond acceptors (Lipinski definition) is 8. The molecule has 1 fully saturated rings. The molecule has 1 aliphatic heterocycles. The van der Waals surface area contributed by atoms with Gasteiger partial charge in [-0.1, -0.05) is 33.8 Å². The van der Waals surface area contributed by atoms with E-state index < -0.39 is 36.0 Å². The fourth-order valence-corrected chi connectivity index (χ4v) is 2.42. The first kappa shape index (κ1) is 28.6. The molecule has 1 aromatic rings. The van der Waals surface area contributed by atoms with Crippen molar-refractivity contribution in [3.8, 4) is 5.75 Å². The molecule has 9 nitrogen and oxygen atoms in total. The van der Waals surface area contributed by atoms with Crippen LogP contribution >= 0.6 is 0 Å². The van der Waals surface area contributed by atoms with Crippen LogP contribution in [0.15, 0.2) is 18.2 Å². The van der Waals surface area contributed by atoms with Gasteiger partial charge >= 0.3 is 11.9 Å². The third-order valence-electron chi connectivity index (χ3n) is 4.00. The van der Waals surface area contributed by atoms with Crippen molar-refractivity contribution in [2.45, 2.75) is 86.1 Å². The summed E-state index contributed by atoms with van der Waals surface area (Å²) in [5.41, 5.74) is 6.21. The normalized spacial score (nSPS) is 22.7. The fourth-order valence-electron chi connectivity index (χ4n) is 2.42. The quantitative estimate of drug-likeness (QED) is 0.398. The molecule has 2 rings (SSSR count). The van der Waals surface area contributed by atoms with Gasteiger partial charge in [0.25, 0.3) is 0 Å². The van der Waals surface area contributed by atoms with Gasteiger partial charge in [-0.25, -0.2) is 4.79 Å². The van der Waals surface area contributed by atoms with Gasteiger partial charge in [-0.3, -0.25) is 4.79 Å². The van der Waals surface area contributed by atoms with Crippen molar-refractivity contribution in [3.05, 3.63) is 23.8 Å². The predicted octanol–water partition coefficient (Wildman–Crippen LogP) is 2.71. The highest BCUT2D eigenvalue weighted by atomic mass is 16.7. The van der Waals surface area contributed by atoms with Crippen LogP contribution in [-0.2, 0) is 25.7 Å². The van der Waals surface area contributed by atoms with Crippen LogP contribution in [0.1, 0.15) is 60.5 Å². The molecule has 0 amide bonds. The zero-order valence-corrected chi connectivity index (χ0v) is 19.4. The van der Waals surface area contributed by atoms with Gasteiger partial charge in [-0.05, 0) is 38.5 Å². The van der Waals surface area contributed by atoms with E-state index in [9.17, 15) is 19.8 Å². The van der Waals surface area contributed by atoms with Gasteiger partial charge in [0, 0.05) is 6.42 Å². The largest absolute Gasteiger partial charge is 0.479 e. The first-order valence-electron chi connectivity index (χ1n) is 10.5. The SMILES string of the molecule is CC.CC.CC(C)(C)C(=O)OCc1ccc(O[C@@H]2CC(O)[C@H](O)C(C(=O)O)O2)c(N)c1. The van der Waals surface area contributed by atoms with Crippen molar-refractivity contribution < 1.29 is 39.1 Å². The fraction of sp³-hybridized carbons (Fsp3) is 0.636. The molecule has 1 heterocycles. The third kappa shape index (κ3) is 8.72. The topological polar surface area (TPSA) is 149 Å². The average molecular weight is 444 g/mol. The van der Waals surface area contributed by atoms with Crippen LogP contribution in [0.2, 0.25) is 0 Å². The minimum Gasteiger partial charge on any atom is -0.479 e. The first-order chi connectivity index (χ1) is 14.5. The Morgan fingerprint density at radius 1 is 1.16 bits per heavy atom. The first-order valence-corrected chi connectivity index (χ1v) is 10.5. The molecule has 178 valence electrons. The Bertz CT molecular complexity index is 701. The molecule has 4 atom stereocenters. The summed E-state index contributed by atoms with van der Waals surface area (Å²) in [7, 11) is 0.